The maximum Gasteiger partial charge on any atom is 0.246 e. The van der Waals surface area contributed by atoms with Gasteiger partial charge in [0.1, 0.15) is 34.3 Å². The van der Waals surface area contributed by atoms with Gasteiger partial charge in [-0.25, -0.2) is 27.1 Å². The zero-order valence-electron chi connectivity index (χ0n) is 24.8. The van der Waals surface area contributed by atoms with Gasteiger partial charge in [-0.15, -0.1) is 10.2 Å². The van der Waals surface area contributed by atoms with Crippen LogP contribution in [-0.2, 0) is 14.9 Å². The SMILES string of the molecule is COc1cccc(OC)c1-n1c(-c2ccco2)nnc1N(CC[Si](C)(C)C)S(=O)(=O)[C@@H]1CON(C)[C@H]1c1ncc(F)cn1. The van der Waals surface area contributed by atoms with E-state index in [0.29, 0.717) is 29.0 Å². The van der Waals surface area contributed by atoms with Crippen LogP contribution in [0.15, 0.2) is 53.4 Å². The van der Waals surface area contributed by atoms with Crippen molar-refractivity contribution in [2.45, 2.75) is 37.0 Å². The van der Waals surface area contributed by atoms with Gasteiger partial charge in [-0.1, -0.05) is 25.7 Å². The standard InChI is InChI=1S/C27H34FN7O6SSi/c1-33-24(25-29-15-18(28)16-30-25)22(17-41-33)42(36,37)34(12-14-43(4,5)6)27-32-31-26(21-11-8-13-40-21)35(27)23-19(38-2)9-7-10-20(23)39-3/h7-11,13,15-16,22,24H,12,14,17H2,1-6H3/t22-,24-/m1/s1. The van der Waals surface area contributed by atoms with Crippen molar-refractivity contribution in [1.82, 2.24) is 29.8 Å². The number of para-hydroxylation sites is 1. The van der Waals surface area contributed by atoms with Gasteiger partial charge in [-0.2, -0.15) is 5.06 Å². The summed E-state index contributed by atoms with van der Waals surface area (Å²) in [5, 5.41) is 9.07. The monoisotopic (exact) mass is 631 g/mol. The molecule has 5 rings (SSSR count). The van der Waals surface area contributed by atoms with Crippen LogP contribution < -0.4 is 13.8 Å². The van der Waals surface area contributed by atoms with Gasteiger partial charge in [-0.05, 0) is 30.3 Å². The van der Waals surface area contributed by atoms with Crippen LogP contribution in [0.3, 0.4) is 0 Å². The quantitative estimate of drug-likeness (QED) is 0.223. The molecule has 13 nitrogen and oxygen atoms in total. The maximum absolute atomic E-state index is 14.8. The van der Waals surface area contributed by atoms with Gasteiger partial charge in [0.25, 0.3) is 0 Å². The van der Waals surface area contributed by atoms with Gasteiger partial charge in [-0.3, -0.25) is 9.40 Å². The van der Waals surface area contributed by atoms with E-state index in [-0.39, 0.29) is 30.7 Å². The molecule has 1 fully saturated rings. The Labute approximate surface area is 250 Å². The topological polar surface area (TPSA) is 138 Å². The molecule has 3 aromatic heterocycles. The first-order valence-electron chi connectivity index (χ1n) is 13.5. The minimum Gasteiger partial charge on any atom is -0.494 e. The molecule has 0 radical (unpaired) electrons. The molecule has 4 aromatic rings. The first-order chi connectivity index (χ1) is 20.5. The number of furan rings is 1. The highest BCUT2D eigenvalue weighted by Gasteiger charge is 2.49. The number of hydroxylamine groups is 2. The molecule has 0 unspecified atom stereocenters. The zero-order chi connectivity index (χ0) is 30.9. The summed E-state index contributed by atoms with van der Waals surface area (Å²) in [6.07, 6.45) is 3.49. The van der Waals surface area contributed by atoms with Crippen LogP contribution in [0.2, 0.25) is 25.7 Å². The summed E-state index contributed by atoms with van der Waals surface area (Å²) in [7, 11) is -1.44. The number of anilines is 1. The van der Waals surface area contributed by atoms with E-state index in [9.17, 15) is 12.8 Å². The van der Waals surface area contributed by atoms with Crippen molar-refractivity contribution in [2.75, 3.05) is 38.7 Å². The van der Waals surface area contributed by atoms with Crippen LogP contribution in [0.25, 0.3) is 17.3 Å². The second-order valence-electron chi connectivity index (χ2n) is 11.2. The first-order valence-corrected chi connectivity index (χ1v) is 18.7. The van der Waals surface area contributed by atoms with Crippen LogP contribution in [0, 0.1) is 5.82 Å². The van der Waals surface area contributed by atoms with Crippen molar-refractivity contribution in [2.24, 2.45) is 0 Å². The average molecular weight is 632 g/mol. The normalized spacial score (nSPS) is 17.7. The molecule has 1 aromatic carbocycles. The highest BCUT2D eigenvalue weighted by atomic mass is 32.2. The second-order valence-corrected chi connectivity index (χ2v) is 18.9. The smallest absolute Gasteiger partial charge is 0.246 e. The maximum atomic E-state index is 14.8. The van der Waals surface area contributed by atoms with Gasteiger partial charge in [0.15, 0.2) is 11.6 Å². The summed E-state index contributed by atoms with van der Waals surface area (Å²) in [4.78, 5) is 13.9. The Bertz CT molecular complexity index is 1640. The molecular weight excluding hydrogens is 597 g/mol. The molecule has 0 amide bonds. The summed E-state index contributed by atoms with van der Waals surface area (Å²) in [6, 6.07) is 8.32. The van der Waals surface area contributed by atoms with Crippen molar-refractivity contribution in [3.8, 4) is 28.8 Å². The lowest BCUT2D eigenvalue weighted by atomic mass is 10.2. The van der Waals surface area contributed by atoms with Gasteiger partial charge in [0, 0.05) is 21.7 Å². The van der Waals surface area contributed by atoms with E-state index in [0.717, 1.165) is 12.4 Å². The number of ether oxygens (including phenoxy) is 2. The molecule has 43 heavy (non-hydrogen) atoms. The third-order valence-electron chi connectivity index (χ3n) is 7.08. The Morgan fingerprint density at radius 3 is 2.33 bits per heavy atom. The Kier molecular flexibility index (Phi) is 8.55. The Hall–Kier alpha value is -3.86. The van der Waals surface area contributed by atoms with E-state index in [1.165, 1.54) is 29.9 Å². The molecule has 0 bridgehead atoms. The van der Waals surface area contributed by atoms with Crippen LogP contribution in [0.4, 0.5) is 10.3 Å². The molecule has 16 heteroatoms. The summed E-state index contributed by atoms with van der Waals surface area (Å²) in [5.74, 6) is 0.898. The number of methoxy groups -OCH3 is 2. The van der Waals surface area contributed by atoms with Crippen molar-refractivity contribution in [3.63, 3.8) is 0 Å². The van der Waals surface area contributed by atoms with E-state index < -0.39 is 35.2 Å². The third-order valence-corrected chi connectivity index (χ3v) is 10.9. The number of hydrogen-bond acceptors (Lipinski definition) is 11. The molecule has 0 spiro atoms. The minimum atomic E-state index is -4.26. The molecule has 0 aliphatic carbocycles. The van der Waals surface area contributed by atoms with Gasteiger partial charge >= 0.3 is 0 Å². The van der Waals surface area contributed by atoms with Crippen molar-refractivity contribution in [3.05, 3.63) is 60.6 Å². The fraction of sp³-hybridized carbons (Fsp3) is 0.407. The van der Waals surface area contributed by atoms with Crippen LogP contribution in [-0.4, -0.2) is 86.0 Å². The fourth-order valence-corrected chi connectivity index (χ4v) is 7.78. The van der Waals surface area contributed by atoms with E-state index in [1.807, 2.05) is 0 Å². The Balaban J connectivity index is 1.73. The molecule has 1 aliphatic rings. The summed E-state index contributed by atoms with van der Waals surface area (Å²) >= 11 is 0. The fourth-order valence-electron chi connectivity index (χ4n) is 4.85. The number of halogens is 1. The van der Waals surface area contributed by atoms with Crippen LogP contribution >= 0.6 is 0 Å². The summed E-state index contributed by atoms with van der Waals surface area (Å²) < 4.78 is 63.1. The summed E-state index contributed by atoms with van der Waals surface area (Å²) in [5.41, 5.74) is 0.394. The predicted molar refractivity (Wildman–Crippen MR) is 159 cm³/mol. The Morgan fingerprint density at radius 1 is 1.07 bits per heavy atom. The molecule has 4 heterocycles. The molecular formula is C27H34FN7O6SSi. The van der Waals surface area contributed by atoms with Gasteiger partial charge < -0.3 is 13.9 Å². The molecule has 0 N–H and O–H groups in total. The summed E-state index contributed by atoms with van der Waals surface area (Å²) in [6.45, 7) is 6.40. The third kappa shape index (κ3) is 6.00. The van der Waals surface area contributed by atoms with Crippen molar-refractivity contribution < 1.29 is 31.5 Å². The number of aromatic nitrogens is 5. The van der Waals surface area contributed by atoms with Gasteiger partial charge in [0.2, 0.25) is 21.8 Å². The molecule has 1 aliphatic heterocycles. The lowest BCUT2D eigenvalue weighted by Gasteiger charge is -2.31. The largest absolute Gasteiger partial charge is 0.494 e. The van der Waals surface area contributed by atoms with Crippen LogP contribution in [0.1, 0.15) is 11.9 Å². The molecule has 1 saturated heterocycles. The second kappa shape index (κ2) is 12.0. The first kappa shape index (κ1) is 30.6. The molecule has 0 saturated carbocycles. The number of nitrogens with zero attached hydrogens (tertiary/aromatic N) is 7. The number of rotatable bonds is 11. The van der Waals surface area contributed by atoms with E-state index in [2.05, 4.69) is 39.8 Å². The highest BCUT2D eigenvalue weighted by molar-refractivity contribution is 7.93. The van der Waals surface area contributed by atoms with Crippen molar-refractivity contribution in [1.29, 1.82) is 0 Å². The lowest BCUT2D eigenvalue weighted by molar-refractivity contribution is -0.112. The van der Waals surface area contributed by atoms with Crippen molar-refractivity contribution >= 4 is 24.0 Å². The predicted octanol–water partition coefficient (Wildman–Crippen LogP) is 3.93. The van der Waals surface area contributed by atoms with E-state index in [4.69, 9.17) is 18.7 Å². The average Bonchev–Trinajstić information content (AvgIpc) is 3.73. The van der Waals surface area contributed by atoms with E-state index in [1.54, 1.807) is 41.9 Å². The van der Waals surface area contributed by atoms with Crippen LogP contribution in [0.5, 0.6) is 11.5 Å². The minimum absolute atomic E-state index is 0.0146. The van der Waals surface area contributed by atoms with Gasteiger partial charge in [0.05, 0.1) is 39.5 Å². The highest BCUT2D eigenvalue weighted by Crippen LogP contribution is 2.41. The number of benzene rings is 1. The lowest BCUT2D eigenvalue weighted by Crippen LogP contribution is -2.45. The van der Waals surface area contributed by atoms with E-state index >= 15 is 0 Å². The number of hydrogen-bond donors (Lipinski definition) is 0. The zero-order valence-corrected chi connectivity index (χ0v) is 26.6. The number of sulfonamides is 1. The molecule has 2 atom stereocenters. The Morgan fingerprint density at radius 2 is 1.74 bits per heavy atom. The molecule has 230 valence electrons.